The van der Waals surface area contributed by atoms with E-state index < -0.39 is 12.1 Å². The number of hydrogen-bond donors (Lipinski definition) is 1. The van der Waals surface area contributed by atoms with Crippen molar-refractivity contribution >= 4 is 28.5 Å². The van der Waals surface area contributed by atoms with Crippen LogP contribution in [0, 0.1) is 5.92 Å². The highest BCUT2D eigenvalue weighted by Crippen LogP contribution is 2.35. The lowest BCUT2D eigenvalue weighted by Crippen LogP contribution is -2.42. The molecule has 1 aliphatic rings. The van der Waals surface area contributed by atoms with Crippen molar-refractivity contribution in [2.75, 3.05) is 18.0 Å². The number of aromatic amines is 1. The first-order valence-corrected chi connectivity index (χ1v) is 6.51. The number of rotatable bonds is 1. The number of anilines is 1. The Balaban J connectivity index is 1.96. The zero-order chi connectivity index (χ0) is 14.3. The predicted molar refractivity (Wildman–Crippen MR) is 67.7 cm³/mol. The third kappa shape index (κ3) is 2.39. The molecule has 5 nitrogen and oxygen atoms in total. The topological polar surface area (TPSA) is 57.7 Å². The standard InChI is InChI=1S/C11H11ClF3N5/c12-10-17-8-7(4-16-19-8)9(18-10)20-3-1-2-6(5-20)11(13,14)15/h4,6H,1-3,5H2,(H,16,17,18,19). The molecular formula is C11H11ClF3N5. The van der Waals surface area contributed by atoms with E-state index in [1.54, 1.807) is 4.90 Å². The summed E-state index contributed by atoms with van der Waals surface area (Å²) >= 11 is 5.81. The molecular weight excluding hydrogens is 295 g/mol. The summed E-state index contributed by atoms with van der Waals surface area (Å²) in [6, 6.07) is 0. The van der Waals surface area contributed by atoms with Gasteiger partial charge in [-0.2, -0.15) is 28.2 Å². The van der Waals surface area contributed by atoms with Gasteiger partial charge in [-0.15, -0.1) is 0 Å². The van der Waals surface area contributed by atoms with Crippen molar-refractivity contribution in [1.82, 2.24) is 20.2 Å². The summed E-state index contributed by atoms with van der Waals surface area (Å²) in [5.41, 5.74) is 0.425. The molecule has 108 valence electrons. The molecule has 3 heterocycles. The fourth-order valence-corrected chi connectivity index (χ4v) is 2.64. The number of hydrogen-bond acceptors (Lipinski definition) is 4. The second-order valence-electron chi connectivity index (χ2n) is 4.78. The van der Waals surface area contributed by atoms with E-state index in [1.807, 2.05) is 0 Å². The molecule has 0 amide bonds. The first kappa shape index (κ1) is 13.4. The van der Waals surface area contributed by atoms with Gasteiger partial charge in [0.05, 0.1) is 17.5 Å². The Bertz CT molecular complexity index is 626. The molecule has 1 unspecified atom stereocenters. The van der Waals surface area contributed by atoms with E-state index in [-0.39, 0.29) is 18.2 Å². The minimum absolute atomic E-state index is 0.00844. The zero-order valence-corrected chi connectivity index (χ0v) is 11.0. The Labute approximate surface area is 117 Å². The number of halogens is 4. The molecule has 9 heteroatoms. The van der Waals surface area contributed by atoms with Crippen LogP contribution in [0.5, 0.6) is 0 Å². The van der Waals surface area contributed by atoms with Gasteiger partial charge in [-0.3, -0.25) is 5.10 Å². The molecule has 0 radical (unpaired) electrons. The minimum atomic E-state index is -4.19. The lowest BCUT2D eigenvalue weighted by molar-refractivity contribution is -0.176. The van der Waals surface area contributed by atoms with Crippen LogP contribution in [0.3, 0.4) is 0 Å². The molecule has 1 fully saturated rings. The van der Waals surface area contributed by atoms with Crippen LogP contribution in [0.15, 0.2) is 6.20 Å². The maximum absolute atomic E-state index is 12.9. The van der Waals surface area contributed by atoms with Crippen molar-refractivity contribution in [2.45, 2.75) is 19.0 Å². The van der Waals surface area contributed by atoms with Crippen LogP contribution >= 0.6 is 11.6 Å². The molecule has 20 heavy (non-hydrogen) atoms. The molecule has 1 aliphatic heterocycles. The largest absolute Gasteiger partial charge is 0.393 e. The predicted octanol–water partition coefficient (Wildman–Crippen LogP) is 2.78. The van der Waals surface area contributed by atoms with Gasteiger partial charge in [-0.25, -0.2) is 0 Å². The highest BCUT2D eigenvalue weighted by atomic mass is 35.5. The normalized spacial score (nSPS) is 20.6. The molecule has 0 aliphatic carbocycles. The Morgan fingerprint density at radius 2 is 2.15 bits per heavy atom. The van der Waals surface area contributed by atoms with E-state index >= 15 is 0 Å². The van der Waals surface area contributed by atoms with Crippen molar-refractivity contribution in [3.8, 4) is 0 Å². The van der Waals surface area contributed by atoms with E-state index in [0.29, 0.717) is 29.8 Å². The van der Waals surface area contributed by atoms with Gasteiger partial charge in [0, 0.05) is 13.1 Å². The second kappa shape index (κ2) is 4.76. The summed E-state index contributed by atoms with van der Waals surface area (Å²) in [6.07, 6.45) is -2.08. The van der Waals surface area contributed by atoms with Crippen molar-refractivity contribution in [2.24, 2.45) is 5.92 Å². The molecule has 0 aromatic carbocycles. The van der Waals surface area contributed by atoms with E-state index in [1.165, 1.54) is 6.20 Å². The summed E-state index contributed by atoms with van der Waals surface area (Å²) in [7, 11) is 0. The lowest BCUT2D eigenvalue weighted by atomic mass is 9.97. The fraction of sp³-hybridized carbons (Fsp3) is 0.545. The third-order valence-corrected chi connectivity index (χ3v) is 3.62. The maximum Gasteiger partial charge on any atom is 0.393 e. The molecule has 2 aromatic rings. The Hall–Kier alpha value is -1.57. The van der Waals surface area contributed by atoms with Crippen LogP contribution in [0.25, 0.3) is 11.0 Å². The quantitative estimate of drug-likeness (QED) is 0.823. The maximum atomic E-state index is 12.9. The molecule has 1 atom stereocenters. The monoisotopic (exact) mass is 305 g/mol. The van der Waals surface area contributed by atoms with Gasteiger partial charge in [0.25, 0.3) is 0 Å². The van der Waals surface area contributed by atoms with Gasteiger partial charge in [-0.1, -0.05) is 0 Å². The molecule has 0 saturated carbocycles. The number of piperidine rings is 1. The van der Waals surface area contributed by atoms with E-state index in [4.69, 9.17) is 11.6 Å². The lowest BCUT2D eigenvalue weighted by Gasteiger charge is -2.34. The number of nitrogens with one attached hydrogen (secondary N) is 1. The van der Waals surface area contributed by atoms with Crippen molar-refractivity contribution in [3.05, 3.63) is 11.5 Å². The third-order valence-electron chi connectivity index (χ3n) is 3.45. The average Bonchev–Trinajstić information content (AvgIpc) is 2.85. The molecule has 1 saturated heterocycles. The van der Waals surface area contributed by atoms with Gasteiger partial charge in [0.15, 0.2) is 5.65 Å². The van der Waals surface area contributed by atoms with Gasteiger partial charge < -0.3 is 4.90 Å². The Morgan fingerprint density at radius 1 is 1.35 bits per heavy atom. The molecule has 1 N–H and O–H groups in total. The first-order chi connectivity index (χ1) is 9.45. The van der Waals surface area contributed by atoms with E-state index in [2.05, 4.69) is 20.2 Å². The van der Waals surface area contributed by atoms with Crippen LogP contribution in [0.1, 0.15) is 12.8 Å². The number of nitrogens with zero attached hydrogens (tertiary/aromatic N) is 4. The number of alkyl halides is 3. The van der Waals surface area contributed by atoms with Gasteiger partial charge >= 0.3 is 6.18 Å². The Morgan fingerprint density at radius 3 is 2.90 bits per heavy atom. The molecule has 0 spiro atoms. The minimum Gasteiger partial charge on any atom is -0.355 e. The van der Waals surface area contributed by atoms with E-state index in [9.17, 15) is 13.2 Å². The van der Waals surface area contributed by atoms with Crippen LogP contribution < -0.4 is 4.90 Å². The van der Waals surface area contributed by atoms with Crippen LogP contribution in [0.4, 0.5) is 19.0 Å². The zero-order valence-electron chi connectivity index (χ0n) is 10.3. The van der Waals surface area contributed by atoms with Crippen molar-refractivity contribution < 1.29 is 13.2 Å². The number of H-pyrrole nitrogens is 1. The average molecular weight is 306 g/mol. The molecule has 2 aromatic heterocycles. The van der Waals surface area contributed by atoms with E-state index in [0.717, 1.165) is 0 Å². The highest BCUT2D eigenvalue weighted by Gasteiger charge is 2.42. The van der Waals surface area contributed by atoms with Gasteiger partial charge in [-0.05, 0) is 24.4 Å². The summed E-state index contributed by atoms with van der Waals surface area (Å²) < 4.78 is 38.6. The van der Waals surface area contributed by atoms with Crippen LogP contribution in [-0.4, -0.2) is 39.4 Å². The summed E-state index contributed by atoms with van der Waals surface area (Å²) in [6.45, 7) is 0.400. The Kier molecular flexibility index (Phi) is 3.19. The number of fused-ring (bicyclic) bond motifs is 1. The summed E-state index contributed by atoms with van der Waals surface area (Å²) in [5, 5.41) is 7.05. The first-order valence-electron chi connectivity index (χ1n) is 6.13. The second-order valence-corrected chi connectivity index (χ2v) is 5.11. The fourth-order valence-electron chi connectivity index (χ4n) is 2.47. The van der Waals surface area contributed by atoms with Gasteiger partial charge in [0.1, 0.15) is 5.82 Å². The smallest absolute Gasteiger partial charge is 0.355 e. The van der Waals surface area contributed by atoms with Crippen LogP contribution in [0.2, 0.25) is 5.28 Å². The summed E-state index contributed by atoms with van der Waals surface area (Å²) in [5.74, 6) is -0.936. The van der Waals surface area contributed by atoms with Crippen LogP contribution in [-0.2, 0) is 0 Å². The van der Waals surface area contributed by atoms with Crippen molar-refractivity contribution in [1.29, 1.82) is 0 Å². The molecule has 3 rings (SSSR count). The highest BCUT2D eigenvalue weighted by molar-refractivity contribution is 6.28. The number of aromatic nitrogens is 4. The molecule has 0 bridgehead atoms. The van der Waals surface area contributed by atoms with Gasteiger partial charge in [0.2, 0.25) is 5.28 Å². The van der Waals surface area contributed by atoms with Crippen molar-refractivity contribution in [3.63, 3.8) is 0 Å². The SMILES string of the molecule is FC(F)(F)C1CCCN(c2nc(Cl)nc3[nH]ncc23)C1. The summed E-state index contributed by atoms with van der Waals surface area (Å²) in [4.78, 5) is 9.62.